The van der Waals surface area contributed by atoms with Gasteiger partial charge in [-0.15, -0.1) is 0 Å². The molecule has 44 heavy (non-hydrogen) atoms. The highest BCUT2D eigenvalue weighted by Gasteiger charge is 2.31. The van der Waals surface area contributed by atoms with E-state index in [1.165, 1.54) is 21.3 Å². The Morgan fingerprint density at radius 3 is 2.20 bits per heavy atom. The zero-order chi connectivity index (χ0) is 31.5. The second-order valence-electron chi connectivity index (χ2n) is 11.3. The fourth-order valence-corrected chi connectivity index (χ4v) is 6.74. The number of halogens is 1. The minimum atomic E-state index is -3.53. The topological polar surface area (TPSA) is 96.0 Å². The van der Waals surface area contributed by atoms with Crippen molar-refractivity contribution in [3.63, 3.8) is 0 Å². The summed E-state index contributed by atoms with van der Waals surface area (Å²) in [5.74, 6) is -0.953. The van der Waals surface area contributed by atoms with Crippen LogP contribution in [0.2, 0.25) is 0 Å². The summed E-state index contributed by atoms with van der Waals surface area (Å²) >= 11 is 0. The van der Waals surface area contributed by atoms with Gasteiger partial charge in [0.25, 0.3) is 0 Å². The van der Waals surface area contributed by atoms with Crippen molar-refractivity contribution in [1.29, 1.82) is 0 Å². The van der Waals surface area contributed by atoms with E-state index in [2.05, 4.69) is 5.32 Å². The van der Waals surface area contributed by atoms with Crippen LogP contribution in [0.15, 0.2) is 83.8 Å². The molecule has 0 aliphatic carbocycles. The van der Waals surface area contributed by atoms with Gasteiger partial charge in [0.15, 0.2) is 0 Å². The van der Waals surface area contributed by atoms with Gasteiger partial charge in [0.2, 0.25) is 21.8 Å². The molecule has 1 atom stereocenters. The fourth-order valence-electron chi connectivity index (χ4n) is 5.22. The number of rotatable bonds is 15. The Morgan fingerprint density at radius 1 is 0.932 bits per heavy atom. The smallest absolute Gasteiger partial charge is 0.247 e. The molecule has 0 spiro atoms. The molecule has 236 valence electrons. The second-order valence-corrected chi connectivity index (χ2v) is 13.2. The molecule has 1 heterocycles. The van der Waals surface area contributed by atoms with E-state index < -0.39 is 16.1 Å². The minimum absolute atomic E-state index is 0.0947. The third kappa shape index (κ3) is 9.20. The number of sulfonamides is 1. The molecule has 0 radical (unpaired) electrons. The number of carbonyl (C=O) groups excluding carboxylic acids is 2. The average Bonchev–Trinajstić information content (AvgIpc) is 3.57. The number of carbonyl (C=O) groups is 2. The number of amides is 2. The van der Waals surface area contributed by atoms with Crippen LogP contribution < -0.4 is 5.32 Å². The number of ether oxygens (including phenoxy) is 1. The summed E-state index contributed by atoms with van der Waals surface area (Å²) in [6, 6.07) is 20.8. The van der Waals surface area contributed by atoms with Crippen LogP contribution in [0.3, 0.4) is 0 Å². The van der Waals surface area contributed by atoms with Crippen LogP contribution in [0.1, 0.15) is 62.3 Å². The zero-order valence-electron chi connectivity index (χ0n) is 25.5. The van der Waals surface area contributed by atoms with Crippen LogP contribution in [0.4, 0.5) is 4.39 Å². The van der Waals surface area contributed by atoms with Crippen LogP contribution in [-0.4, -0.2) is 61.8 Å². The maximum Gasteiger partial charge on any atom is 0.247 e. The van der Waals surface area contributed by atoms with Gasteiger partial charge in [-0.05, 0) is 80.5 Å². The molecule has 0 aromatic heterocycles. The van der Waals surface area contributed by atoms with Gasteiger partial charge in [0.1, 0.15) is 11.9 Å². The van der Waals surface area contributed by atoms with Crippen LogP contribution in [0.25, 0.3) is 0 Å². The Kier molecular flexibility index (Phi) is 12.1. The molecule has 1 fully saturated rings. The van der Waals surface area contributed by atoms with Gasteiger partial charge in [-0.2, -0.15) is 4.31 Å². The quantitative estimate of drug-likeness (QED) is 0.234. The maximum atomic E-state index is 13.9. The zero-order valence-corrected chi connectivity index (χ0v) is 26.3. The predicted molar refractivity (Wildman–Crippen MR) is 168 cm³/mol. The molecule has 10 heteroatoms. The molecule has 1 saturated heterocycles. The number of nitrogens with one attached hydrogen (secondary N) is 1. The van der Waals surface area contributed by atoms with E-state index in [9.17, 15) is 22.4 Å². The second kappa shape index (κ2) is 15.9. The van der Waals surface area contributed by atoms with Crippen molar-refractivity contribution in [3.8, 4) is 0 Å². The van der Waals surface area contributed by atoms with Gasteiger partial charge in [0.05, 0.1) is 11.0 Å². The van der Waals surface area contributed by atoms with Crippen molar-refractivity contribution in [1.82, 2.24) is 14.5 Å². The minimum Gasteiger partial charge on any atom is -0.379 e. The lowest BCUT2D eigenvalue weighted by Crippen LogP contribution is -2.44. The molecule has 0 bridgehead atoms. The summed E-state index contributed by atoms with van der Waals surface area (Å²) in [5.41, 5.74) is 2.16. The molecule has 8 nitrogen and oxygen atoms in total. The molecule has 1 aliphatic heterocycles. The summed E-state index contributed by atoms with van der Waals surface area (Å²) in [7, 11) is -3.53. The maximum absolute atomic E-state index is 13.9. The van der Waals surface area contributed by atoms with Gasteiger partial charge in [-0.1, -0.05) is 54.6 Å². The summed E-state index contributed by atoms with van der Waals surface area (Å²) in [6.07, 6.45) is 2.90. The summed E-state index contributed by atoms with van der Waals surface area (Å²) in [5, 5.41) is 2.97. The molecule has 2 amide bonds. The van der Waals surface area contributed by atoms with Crippen molar-refractivity contribution in [2.24, 2.45) is 0 Å². The number of benzene rings is 3. The molecule has 0 saturated carbocycles. The normalized spacial score (nSPS) is 14.5. The third-order valence-corrected chi connectivity index (χ3v) is 9.50. The molecule has 3 aromatic carbocycles. The Balaban J connectivity index is 1.52. The predicted octanol–water partition coefficient (Wildman–Crippen LogP) is 5.24. The van der Waals surface area contributed by atoms with Gasteiger partial charge < -0.3 is 15.0 Å². The lowest BCUT2D eigenvalue weighted by molar-refractivity contribution is -0.141. The average molecular weight is 624 g/mol. The van der Waals surface area contributed by atoms with Crippen LogP contribution in [-0.2, 0) is 37.3 Å². The molecule has 1 N–H and O–H groups in total. The van der Waals surface area contributed by atoms with E-state index in [1.54, 1.807) is 36.4 Å². The van der Waals surface area contributed by atoms with Crippen molar-refractivity contribution < 1.29 is 27.1 Å². The van der Waals surface area contributed by atoms with E-state index in [4.69, 9.17) is 4.74 Å². The first-order chi connectivity index (χ1) is 21.1. The Hall–Kier alpha value is -3.60. The summed E-state index contributed by atoms with van der Waals surface area (Å²) in [6.45, 7) is 5.97. The Labute approximate surface area is 260 Å². The summed E-state index contributed by atoms with van der Waals surface area (Å²) in [4.78, 5) is 29.4. The summed E-state index contributed by atoms with van der Waals surface area (Å²) < 4.78 is 46.6. The van der Waals surface area contributed by atoms with E-state index >= 15 is 0 Å². The Morgan fingerprint density at radius 2 is 1.57 bits per heavy atom. The highest BCUT2D eigenvalue weighted by molar-refractivity contribution is 7.89. The lowest BCUT2D eigenvalue weighted by atomic mass is 10.0. The van der Waals surface area contributed by atoms with Gasteiger partial charge in [0, 0.05) is 39.2 Å². The fraction of sp³-hybridized carbons (Fsp3) is 0.412. The molecule has 4 rings (SSSR count). The van der Waals surface area contributed by atoms with E-state index in [0.29, 0.717) is 50.2 Å². The van der Waals surface area contributed by atoms with Crippen LogP contribution in [0.5, 0.6) is 0 Å². The first-order valence-corrected chi connectivity index (χ1v) is 16.7. The largest absolute Gasteiger partial charge is 0.379 e. The number of nitrogens with zero attached hydrogens (tertiary/aromatic N) is 2. The third-order valence-electron chi connectivity index (χ3n) is 7.59. The highest BCUT2D eigenvalue weighted by atomic mass is 32.2. The van der Waals surface area contributed by atoms with E-state index in [1.807, 2.05) is 44.2 Å². The molecular formula is C34H42FN3O5S. The van der Waals surface area contributed by atoms with Crippen molar-refractivity contribution >= 4 is 21.8 Å². The lowest BCUT2D eigenvalue weighted by Gasteiger charge is -2.32. The van der Waals surface area contributed by atoms with Crippen LogP contribution >= 0.6 is 0 Å². The van der Waals surface area contributed by atoms with Gasteiger partial charge in [-0.3, -0.25) is 9.59 Å². The Bertz CT molecular complexity index is 1460. The first kappa shape index (κ1) is 33.3. The SMILES string of the molecule is CC(C)OCCCNC(=O)[C@H](c1ccccc1)N(Cc1ccc(F)cc1)C(=O)CCc1ccc(S(=O)(=O)N2CCCC2)cc1. The highest BCUT2D eigenvalue weighted by Crippen LogP contribution is 2.26. The molecule has 3 aromatic rings. The molecule has 1 aliphatic rings. The molecular weight excluding hydrogens is 581 g/mol. The number of hydrogen-bond acceptors (Lipinski definition) is 5. The van der Waals surface area contributed by atoms with Gasteiger partial charge in [-0.25, -0.2) is 12.8 Å². The molecule has 0 unspecified atom stereocenters. The van der Waals surface area contributed by atoms with Crippen molar-refractivity contribution in [2.75, 3.05) is 26.2 Å². The van der Waals surface area contributed by atoms with Crippen LogP contribution in [0, 0.1) is 5.82 Å². The first-order valence-electron chi connectivity index (χ1n) is 15.2. The standard InChI is InChI=1S/C34H42FN3O5S/c1-26(2)43-24-8-21-36-34(40)33(29-9-4-3-5-10-29)38(25-28-11-16-30(35)17-12-28)32(39)20-15-27-13-18-31(19-14-27)44(41,42)37-22-6-7-23-37/h3-5,9-14,16-19,26,33H,6-8,15,20-25H2,1-2H3,(H,36,40)/t33-/m0/s1. The van der Waals surface area contributed by atoms with Gasteiger partial charge >= 0.3 is 0 Å². The number of hydrogen-bond donors (Lipinski definition) is 1. The van der Waals surface area contributed by atoms with Crippen molar-refractivity contribution in [3.05, 3.63) is 101 Å². The van der Waals surface area contributed by atoms with E-state index in [-0.39, 0.29) is 41.6 Å². The monoisotopic (exact) mass is 623 g/mol. The van der Waals surface area contributed by atoms with Crippen molar-refractivity contribution in [2.45, 2.75) is 69.5 Å². The number of aryl methyl sites for hydroxylation is 1. The van der Waals surface area contributed by atoms with E-state index in [0.717, 1.165) is 18.4 Å².